The number of amides is 1. The van der Waals surface area contributed by atoms with Crippen LogP contribution in [0, 0.1) is 18.6 Å². The molecule has 0 atom stereocenters. The number of aryl methyl sites for hydroxylation is 1. The summed E-state index contributed by atoms with van der Waals surface area (Å²) in [7, 11) is 0. The third-order valence-electron chi connectivity index (χ3n) is 5.31. The van der Waals surface area contributed by atoms with Gasteiger partial charge in [0.15, 0.2) is 17.3 Å². The van der Waals surface area contributed by atoms with Gasteiger partial charge in [-0.05, 0) is 55.0 Å². The van der Waals surface area contributed by atoms with Crippen LogP contribution in [0.15, 0.2) is 71.8 Å². The standard InChI is InChI=1S/C25H16ClF2N5O3/c1-13-10-22(34)33(15-3-4-18(27)17(26)12-15)32-23(13)25(35)31-14-2-5-21(19(28)11-14)36-20-7-9-30-24-16(20)6-8-29-24/h2-12H,1H3,(H,29,30)(H,31,35). The lowest BCUT2D eigenvalue weighted by molar-refractivity contribution is 0.102. The van der Waals surface area contributed by atoms with Crippen molar-refractivity contribution in [2.45, 2.75) is 6.92 Å². The number of nitrogens with zero attached hydrogens (tertiary/aromatic N) is 3. The first-order valence-corrected chi connectivity index (χ1v) is 11.0. The Bertz CT molecular complexity index is 1700. The lowest BCUT2D eigenvalue weighted by atomic mass is 10.2. The monoisotopic (exact) mass is 507 g/mol. The molecule has 0 aliphatic carbocycles. The average Bonchev–Trinajstić information content (AvgIpc) is 3.33. The molecule has 0 saturated heterocycles. The maximum atomic E-state index is 14.8. The normalized spacial score (nSPS) is 11.0. The zero-order chi connectivity index (χ0) is 25.4. The first-order valence-electron chi connectivity index (χ1n) is 10.6. The SMILES string of the molecule is Cc1cc(=O)n(-c2ccc(F)c(Cl)c2)nc1C(=O)Nc1ccc(Oc2ccnc3[nH]ccc23)c(F)c1. The first-order chi connectivity index (χ1) is 17.3. The molecule has 5 aromatic rings. The third-order valence-corrected chi connectivity index (χ3v) is 5.60. The molecule has 36 heavy (non-hydrogen) atoms. The Balaban J connectivity index is 1.39. The minimum absolute atomic E-state index is 0.0438. The third kappa shape index (κ3) is 4.41. The molecule has 0 fully saturated rings. The number of ether oxygens (including phenoxy) is 1. The summed E-state index contributed by atoms with van der Waals surface area (Å²) in [6.45, 7) is 1.54. The summed E-state index contributed by atoms with van der Waals surface area (Å²) in [5.74, 6) is -1.67. The molecular weight excluding hydrogens is 492 g/mol. The van der Waals surface area contributed by atoms with Gasteiger partial charge in [-0.2, -0.15) is 9.78 Å². The van der Waals surface area contributed by atoms with Crippen LogP contribution in [0.25, 0.3) is 16.7 Å². The molecule has 8 nitrogen and oxygen atoms in total. The van der Waals surface area contributed by atoms with E-state index in [1.807, 2.05) is 0 Å². The van der Waals surface area contributed by atoms with Gasteiger partial charge in [0.2, 0.25) is 0 Å². The van der Waals surface area contributed by atoms with E-state index in [1.165, 1.54) is 36.5 Å². The highest BCUT2D eigenvalue weighted by molar-refractivity contribution is 6.30. The van der Waals surface area contributed by atoms with Crippen LogP contribution in [0.1, 0.15) is 16.1 Å². The van der Waals surface area contributed by atoms with Crippen molar-refractivity contribution >= 4 is 34.2 Å². The van der Waals surface area contributed by atoms with Gasteiger partial charge in [-0.15, -0.1) is 0 Å². The molecular formula is C25H16ClF2N5O3. The lowest BCUT2D eigenvalue weighted by Crippen LogP contribution is -2.26. The van der Waals surface area contributed by atoms with E-state index >= 15 is 0 Å². The summed E-state index contributed by atoms with van der Waals surface area (Å²) in [6.07, 6.45) is 3.23. The van der Waals surface area contributed by atoms with Gasteiger partial charge >= 0.3 is 0 Å². The quantitative estimate of drug-likeness (QED) is 0.332. The van der Waals surface area contributed by atoms with E-state index in [2.05, 4.69) is 20.4 Å². The van der Waals surface area contributed by atoms with Crippen molar-refractivity contribution in [1.29, 1.82) is 0 Å². The fourth-order valence-corrected chi connectivity index (χ4v) is 3.74. The second kappa shape index (κ2) is 9.23. The predicted molar refractivity (Wildman–Crippen MR) is 130 cm³/mol. The fraction of sp³-hybridized carbons (Fsp3) is 0.0400. The fourth-order valence-electron chi connectivity index (χ4n) is 3.56. The molecule has 0 bridgehead atoms. The predicted octanol–water partition coefficient (Wildman–Crippen LogP) is 5.39. The van der Waals surface area contributed by atoms with Gasteiger partial charge < -0.3 is 15.0 Å². The number of pyridine rings is 1. The number of aromatic nitrogens is 4. The van der Waals surface area contributed by atoms with Crippen LogP contribution in [-0.2, 0) is 0 Å². The van der Waals surface area contributed by atoms with Gasteiger partial charge in [0.25, 0.3) is 11.5 Å². The Labute approximate surface area is 207 Å². The van der Waals surface area contributed by atoms with Crippen LogP contribution < -0.4 is 15.6 Å². The lowest BCUT2D eigenvalue weighted by Gasteiger charge is -2.12. The van der Waals surface area contributed by atoms with Gasteiger partial charge in [-0.25, -0.2) is 13.8 Å². The van der Waals surface area contributed by atoms with Crippen LogP contribution in [0.4, 0.5) is 14.5 Å². The number of rotatable bonds is 5. The van der Waals surface area contributed by atoms with Crippen molar-refractivity contribution in [2.75, 3.05) is 5.32 Å². The zero-order valence-corrected chi connectivity index (χ0v) is 19.3. The molecule has 1 amide bonds. The molecule has 0 spiro atoms. The van der Waals surface area contributed by atoms with Crippen molar-refractivity contribution in [1.82, 2.24) is 19.7 Å². The number of halogens is 3. The van der Waals surface area contributed by atoms with Crippen LogP contribution >= 0.6 is 11.6 Å². The van der Waals surface area contributed by atoms with Crippen LogP contribution in [0.5, 0.6) is 11.5 Å². The van der Waals surface area contributed by atoms with Crippen molar-refractivity contribution in [3.05, 3.63) is 105 Å². The number of nitrogens with one attached hydrogen (secondary N) is 2. The highest BCUT2D eigenvalue weighted by Crippen LogP contribution is 2.31. The second-order valence-electron chi connectivity index (χ2n) is 7.77. The zero-order valence-electron chi connectivity index (χ0n) is 18.6. The Morgan fingerprint density at radius 3 is 2.67 bits per heavy atom. The van der Waals surface area contributed by atoms with Crippen LogP contribution in [0.2, 0.25) is 5.02 Å². The Morgan fingerprint density at radius 2 is 1.89 bits per heavy atom. The number of fused-ring (bicyclic) bond motifs is 1. The van der Waals surface area contributed by atoms with Gasteiger partial charge in [-0.3, -0.25) is 9.59 Å². The molecule has 0 saturated carbocycles. The summed E-state index contributed by atoms with van der Waals surface area (Å²) >= 11 is 5.81. The van der Waals surface area contributed by atoms with Gasteiger partial charge in [0.05, 0.1) is 16.1 Å². The number of hydrogen-bond donors (Lipinski definition) is 2. The molecule has 180 valence electrons. The number of carbonyl (C=O) groups is 1. The van der Waals surface area contributed by atoms with Crippen molar-refractivity contribution in [2.24, 2.45) is 0 Å². The molecule has 11 heteroatoms. The maximum Gasteiger partial charge on any atom is 0.276 e. The van der Waals surface area contributed by atoms with E-state index < -0.39 is 23.1 Å². The van der Waals surface area contributed by atoms with E-state index in [-0.39, 0.29) is 27.8 Å². The number of H-pyrrole nitrogens is 1. The molecule has 5 rings (SSSR count). The molecule has 2 aromatic carbocycles. The summed E-state index contributed by atoms with van der Waals surface area (Å²) < 4.78 is 35.0. The molecule has 0 radical (unpaired) electrons. The average molecular weight is 508 g/mol. The highest BCUT2D eigenvalue weighted by Gasteiger charge is 2.17. The molecule has 3 aromatic heterocycles. The minimum atomic E-state index is -0.705. The molecule has 0 aliphatic rings. The van der Waals surface area contributed by atoms with Gasteiger partial charge in [0.1, 0.15) is 17.2 Å². The first kappa shape index (κ1) is 23.2. The smallest absolute Gasteiger partial charge is 0.276 e. The largest absolute Gasteiger partial charge is 0.453 e. The Hall–Kier alpha value is -4.57. The highest BCUT2D eigenvalue weighted by atomic mass is 35.5. The second-order valence-corrected chi connectivity index (χ2v) is 8.18. The number of aromatic amines is 1. The van der Waals surface area contributed by atoms with E-state index in [4.69, 9.17) is 16.3 Å². The molecule has 3 heterocycles. The molecule has 2 N–H and O–H groups in total. The topological polar surface area (TPSA) is 102 Å². The Kier molecular flexibility index (Phi) is 5.95. The van der Waals surface area contributed by atoms with Crippen LogP contribution in [-0.4, -0.2) is 25.7 Å². The molecule has 0 unspecified atom stereocenters. The maximum absolute atomic E-state index is 14.8. The number of anilines is 1. The minimum Gasteiger partial charge on any atom is -0.453 e. The van der Waals surface area contributed by atoms with Crippen LogP contribution in [0.3, 0.4) is 0 Å². The number of hydrogen-bond acceptors (Lipinski definition) is 5. The van der Waals surface area contributed by atoms with Gasteiger partial charge in [0, 0.05) is 30.2 Å². The van der Waals surface area contributed by atoms with E-state index in [9.17, 15) is 18.4 Å². The number of benzene rings is 2. The summed E-state index contributed by atoms with van der Waals surface area (Å²) in [6, 6.07) is 12.2. The summed E-state index contributed by atoms with van der Waals surface area (Å²) in [4.78, 5) is 32.5. The van der Waals surface area contributed by atoms with Crippen molar-refractivity contribution < 1.29 is 18.3 Å². The van der Waals surface area contributed by atoms with Crippen molar-refractivity contribution in [3.8, 4) is 17.2 Å². The Morgan fingerprint density at radius 1 is 1.06 bits per heavy atom. The van der Waals surface area contributed by atoms with E-state index in [0.29, 0.717) is 22.3 Å². The van der Waals surface area contributed by atoms with Gasteiger partial charge in [-0.1, -0.05) is 11.6 Å². The van der Waals surface area contributed by atoms with Crippen molar-refractivity contribution in [3.63, 3.8) is 0 Å². The van der Waals surface area contributed by atoms with E-state index in [1.54, 1.807) is 25.3 Å². The summed E-state index contributed by atoms with van der Waals surface area (Å²) in [5, 5.41) is 7.16. The summed E-state index contributed by atoms with van der Waals surface area (Å²) in [5.41, 5.74) is 0.615. The number of carbonyl (C=O) groups excluding carboxylic acids is 1. The van der Waals surface area contributed by atoms with E-state index in [0.717, 1.165) is 16.8 Å². The molecule has 0 aliphatic heterocycles.